The van der Waals surface area contributed by atoms with Gasteiger partial charge >= 0.3 is 0 Å². The molecule has 0 aliphatic rings. The van der Waals surface area contributed by atoms with E-state index in [0.29, 0.717) is 0 Å². The summed E-state index contributed by atoms with van der Waals surface area (Å²) >= 11 is 0. The van der Waals surface area contributed by atoms with Crippen LogP contribution in [0.2, 0.25) is 0 Å². The lowest BCUT2D eigenvalue weighted by molar-refractivity contribution is 0.971. The lowest BCUT2D eigenvalue weighted by atomic mass is 9.93. The highest BCUT2D eigenvalue weighted by Crippen LogP contribution is 2.21. The van der Waals surface area contributed by atoms with E-state index >= 15 is 0 Å². The van der Waals surface area contributed by atoms with Crippen molar-refractivity contribution in [3.63, 3.8) is 0 Å². The van der Waals surface area contributed by atoms with E-state index in [9.17, 15) is 0 Å². The molecule has 13 heavy (non-hydrogen) atoms. The van der Waals surface area contributed by atoms with Crippen LogP contribution in [-0.2, 0) is 6.42 Å². The molecule has 0 heterocycles. The van der Waals surface area contributed by atoms with E-state index in [4.69, 9.17) is 0 Å². The molecule has 0 heteroatoms. The summed E-state index contributed by atoms with van der Waals surface area (Å²) in [6.45, 7) is 12.7. The van der Waals surface area contributed by atoms with Gasteiger partial charge in [0.1, 0.15) is 0 Å². The first-order chi connectivity index (χ1) is 6.07. The zero-order valence-electron chi connectivity index (χ0n) is 9.20. The Bertz CT molecular complexity index is 308. The van der Waals surface area contributed by atoms with E-state index in [0.717, 1.165) is 12.8 Å². The molecule has 0 saturated carbocycles. The molecule has 1 rings (SSSR count). The second-order valence-electron chi connectivity index (χ2n) is 3.83. The molecule has 0 saturated heterocycles. The van der Waals surface area contributed by atoms with Crippen molar-refractivity contribution in [2.75, 3.05) is 0 Å². The molecule has 71 valence electrons. The Labute approximate surface area is 82.0 Å². The largest absolute Gasteiger partial charge is 0.0556 e. The van der Waals surface area contributed by atoms with Crippen molar-refractivity contribution in [2.24, 2.45) is 0 Å². The van der Waals surface area contributed by atoms with Gasteiger partial charge in [-0.25, -0.2) is 0 Å². The molecule has 0 aliphatic heterocycles. The minimum absolute atomic E-state index is 0.989. The van der Waals surface area contributed by atoms with Crippen LogP contribution in [0.15, 0.2) is 6.07 Å². The molecule has 1 aromatic carbocycles. The lowest BCUT2D eigenvalue weighted by Crippen LogP contribution is -1.97. The minimum Gasteiger partial charge on any atom is -0.0556 e. The van der Waals surface area contributed by atoms with Gasteiger partial charge in [0.25, 0.3) is 0 Å². The van der Waals surface area contributed by atoms with Gasteiger partial charge in [0.15, 0.2) is 0 Å². The van der Waals surface area contributed by atoms with Crippen LogP contribution >= 0.6 is 0 Å². The van der Waals surface area contributed by atoms with Crippen molar-refractivity contribution in [1.29, 1.82) is 0 Å². The Hall–Kier alpha value is -0.780. The number of benzene rings is 1. The molecule has 1 aromatic rings. The molecule has 0 N–H and O–H groups in total. The number of hydrogen-bond donors (Lipinski definition) is 0. The van der Waals surface area contributed by atoms with E-state index in [1.54, 1.807) is 0 Å². The van der Waals surface area contributed by atoms with E-state index in [2.05, 4.69) is 40.7 Å². The highest BCUT2D eigenvalue weighted by molar-refractivity contribution is 5.43. The average molecular weight is 175 g/mol. The normalized spacial score (nSPS) is 10.5. The van der Waals surface area contributed by atoms with Crippen LogP contribution in [0.25, 0.3) is 0 Å². The summed E-state index contributed by atoms with van der Waals surface area (Å²) in [5, 5.41) is 0. The Morgan fingerprint density at radius 2 is 1.62 bits per heavy atom. The number of rotatable bonds is 2. The molecular formula is C13H19. The van der Waals surface area contributed by atoms with Crippen molar-refractivity contribution in [1.82, 2.24) is 0 Å². The van der Waals surface area contributed by atoms with Gasteiger partial charge in [0.05, 0.1) is 0 Å². The number of hydrogen-bond acceptors (Lipinski definition) is 0. The highest BCUT2D eigenvalue weighted by Gasteiger charge is 2.05. The third-order valence-corrected chi connectivity index (χ3v) is 3.04. The maximum absolute atomic E-state index is 3.90. The van der Waals surface area contributed by atoms with Crippen LogP contribution in [0.4, 0.5) is 0 Å². The summed E-state index contributed by atoms with van der Waals surface area (Å²) in [6, 6.07) is 2.31. The van der Waals surface area contributed by atoms with Crippen LogP contribution in [0.5, 0.6) is 0 Å². The standard InChI is InChI=1S/C13H19/c1-6-7-13-8-9(2)10(3)11(4)12(13)5/h8H,1,6-7H2,2-5H3. The monoisotopic (exact) mass is 175 g/mol. The maximum atomic E-state index is 3.90. The lowest BCUT2D eigenvalue weighted by Gasteiger charge is -2.13. The SMILES string of the molecule is [CH2]CCc1cc(C)c(C)c(C)c1C. The van der Waals surface area contributed by atoms with E-state index in [-0.39, 0.29) is 0 Å². The zero-order valence-corrected chi connectivity index (χ0v) is 9.20. The fraction of sp³-hybridized carbons (Fsp3) is 0.462. The van der Waals surface area contributed by atoms with E-state index in [1.165, 1.54) is 27.8 Å². The molecule has 0 unspecified atom stereocenters. The summed E-state index contributed by atoms with van der Waals surface area (Å²) in [5.74, 6) is 0. The first-order valence-corrected chi connectivity index (χ1v) is 4.93. The Morgan fingerprint density at radius 3 is 2.15 bits per heavy atom. The molecular weight excluding hydrogens is 156 g/mol. The predicted molar refractivity (Wildman–Crippen MR) is 59.1 cm³/mol. The van der Waals surface area contributed by atoms with Gasteiger partial charge in [-0.15, -0.1) is 0 Å². The van der Waals surface area contributed by atoms with E-state index < -0.39 is 0 Å². The Morgan fingerprint density at radius 1 is 1.00 bits per heavy atom. The fourth-order valence-electron chi connectivity index (χ4n) is 1.75. The van der Waals surface area contributed by atoms with Crippen molar-refractivity contribution >= 4 is 0 Å². The summed E-state index contributed by atoms with van der Waals surface area (Å²) in [7, 11) is 0. The van der Waals surface area contributed by atoms with Crippen molar-refractivity contribution in [3.05, 3.63) is 40.8 Å². The summed E-state index contributed by atoms with van der Waals surface area (Å²) < 4.78 is 0. The maximum Gasteiger partial charge on any atom is -0.0276 e. The van der Waals surface area contributed by atoms with Gasteiger partial charge in [0.2, 0.25) is 0 Å². The van der Waals surface area contributed by atoms with Gasteiger partial charge in [-0.2, -0.15) is 0 Å². The molecule has 0 aliphatic carbocycles. The molecule has 0 spiro atoms. The molecule has 0 fully saturated rings. The first kappa shape index (κ1) is 10.3. The van der Waals surface area contributed by atoms with Gasteiger partial charge < -0.3 is 0 Å². The fourth-order valence-corrected chi connectivity index (χ4v) is 1.75. The van der Waals surface area contributed by atoms with Gasteiger partial charge in [0, 0.05) is 0 Å². The predicted octanol–water partition coefficient (Wildman–Crippen LogP) is 3.69. The molecule has 0 aromatic heterocycles. The summed E-state index contributed by atoms with van der Waals surface area (Å²) in [6.07, 6.45) is 2.09. The topological polar surface area (TPSA) is 0 Å². The van der Waals surface area contributed by atoms with Crippen molar-refractivity contribution in [3.8, 4) is 0 Å². The molecule has 0 bridgehead atoms. The third-order valence-electron chi connectivity index (χ3n) is 3.04. The highest BCUT2D eigenvalue weighted by atomic mass is 14.1. The Kier molecular flexibility index (Phi) is 3.13. The van der Waals surface area contributed by atoms with Crippen LogP contribution < -0.4 is 0 Å². The first-order valence-electron chi connectivity index (χ1n) is 4.93. The van der Waals surface area contributed by atoms with Gasteiger partial charge in [-0.1, -0.05) is 13.0 Å². The summed E-state index contributed by atoms with van der Waals surface area (Å²) in [4.78, 5) is 0. The molecule has 0 nitrogen and oxygen atoms in total. The second-order valence-corrected chi connectivity index (χ2v) is 3.83. The van der Waals surface area contributed by atoms with Crippen LogP contribution in [0.3, 0.4) is 0 Å². The zero-order chi connectivity index (χ0) is 10.0. The van der Waals surface area contributed by atoms with E-state index in [1.807, 2.05) is 0 Å². The van der Waals surface area contributed by atoms with Crippen LogP contribution in [-0.4, -0.2) is 0 Å². The van der Waals surface area contributed by atoms with Crippen LogP contribution in [0.1, 0.15) is 34.2 Å². The Balaban J connectivity index is 3.24. The quantitative estimate of drug-likeness (QED) is 0.643. The van der Waals surface area contributed by atoms with Crippen molar-refractivity contribution < 1.29 is 0 Å². The van der Waals surface area contributed by atoms with Gasteiger partial charge in [-0.3, -0.25) is 0 Å². The molecule has 0 amide bonds. The van der Waals surface area contributed by atoms with Crippen molar-refractivity contribution in [2.45, 2.75) is 40.5 Å². The minimum atomic E-state index is 0.989. The number of aryl methyl sites for hydroxylation is 2. The van der Waals surface area contributed by atoms with Crippen LogP contribution in [0, 0.1) is 34.6 Å². The summed E-state index contributed by atoms with van der Waals surface area (Å²) in [5.41, 5.74) is 7.21. The van der Waals surface area contributed by atoms with Gasteiger partial charge in [-0.05, 0) is 68.4 Å². The molecule has 0 atom stereocenters. The smallest absolute Gasteiger partial charge is 0.0276 e. The average Bonchev–Trinajstić information content (AvgIpc) is 2.11. The molecule has 1 radical (unpaired) electrons. The second kappa shape index (κ2) is 3.95. The third kappa shape index (κ3) is 1.93.